The first kappa shape index (κ1) is 12.1. The Labute approximate surface area is 94.1 Å². The van der Waals surface area contributed by atoms with Gasteiger partial charge in [0, 0.05) is 12.6 Å². The highest BCUT2D eigenvalue weighted by atomic mass is 35.5. The van der Waals surface area contributed by atoms with E-state index in [1.807, 2.05) is 0 Å². The topological polar surface area (TPSA) is 70.5 Å². The van der Waals surface area contributed by atoms with Crippen LogP contribution in [-0.4, -0.2) is 20.8 Å². The lowest BCUT2D eigenvalue weighted by molar-refractivity contribution is 0.354. The molecule has 4 nitrogen and oxygen atoms in total. The van der Waals surface area contributed by atoms with Gasteiger partial charge in [-0.05, 0) is 11.6 Å². The molecule has 0 spiro atoms. The van der Waals surface area contributed by atoms with Crippen molar-refractivity contribution in [1.29, 1.82) is 0 Å². The maximum Gasteiger partial charge on any atom is 0.179 e. The number of benzene rings is 1. The van der Waals surface area contributed by atoms with E-state index in [0.717, 1.165) is 5.56 Å². The summed E-state index contributed by atoms with van der Waals surface area (Å²) in [5, 5.41) is 0.454. The van der Waals surface area contributed by atoms with Crippen LogP contribution >= 0.6 is 11.6 Å². The molecule has 84 valence electrons. The van der Waals surface area contributed by atoms with Crippen molar-refractivity contribution in [3.63, 3.8) is 0 Å². The van der Waals surface area contributed by atoms with Gasteiger partial charge >= 0.3 is 0 Å². The largest absolute Gasteiger partial charge is 0.493 e. The van der Waals surface area contributed by atoms with Crippen molar-refractivity contribution in [3.8, 4) is 11.5 Å². The molecule has 0 saturated heterocycles. The minimum absolute atomic E-state index is 0.294. The number of methoxy groups -OCH3 is 2. The van der Waals surface area contributed by atoms with Crippen LogP contribution in [0.4, 0.5) is 0 Å². The third kappa shape index (κ3) is 2.34. The summed E-state index contributed by atoms with van der Waals surface area (Å²) in [4.78, 5) is 0. The molecular formula is C10H15ClN2O2. The molecule has 1 atom stereocenters. The normalized spacial score (nSPS) is 12.3. The number of hydrogen-bond acceptors (Lipinski definition) is 4. The van der Waals surface area contributed by atoms with E-state index < -0.39 is 0 Å². The van der Waals surface area contributed by atoms with E-state index in [4.69, 9.17) is 32.5 Å². The van der Waals surface area contributed by atoms with Gasteiger partial charge in [-0.25, -0.2) is 0 Å². The van der Waals surface area contributed by atoms with Gasteiger partial charge in [0.15, 0.2) is 11.5 Å². The van der Waals surface area contributed by atoms with Gasteiger partial charge in [0.2, 0.25) is 0 Å². The highest BCUT2D eigenvalue weighted by Crippen LogP contribution is 2.38. The smallest absolute Gasteiger partial charge is 0.179 e. The first-order valence-electron chi connectivity index (χ1n) is 4.51. The lowest BCUT2D eigenvalue weighted by atomic mass is 10.1. The van der Waals surface area contributed by atoms with Crippen molar-refractivity contribution in [3.05, 3.63) is 22.7 Å². The Morgan fingerprint density at radius 2 is 2.00 bits per heavy atom. The molecule has 0 aromatic heterocycles. The number of ether oxygens (including phenoxy) is 2. The minimum atomic E-state index is -0.294. The van der Waals surface area contributed by atoms with Crippen LogP contribution in [0.3, 0.4) is 0 Å². The molecule has 0 aliphatic carbocycles. The zero-order valence-electron chi connectivity index (χ0n) is 8.79. The first-order chi connectivity index (χ1) is 7.15. The summed E-state index contributed by atoms with van der Waals surface area (Å²) in [6, 6.07) is 3.26. The molecule has 0 radical (unpaired) electrons. The fraction of sp³-hybridized carbons (Fsp3) is 0.400. The van der Waals surface area contributed by atoms with Crippen LogP contribution in [0.1, 0.15) is 11.6 Å². The Morgan fingerprint density at radius 3 is 2.47 bits per heavy atom. The molecule has 1 aromatic rings. The standard InChI is InChI=1S/C10H15ClN2O2/c1-14-8-4-3-6(7(13)5-12)9(11)10(8)15-2/h3-4,7H,5,12-13H2,1-2H3/t7-/m1/s1. The van der Waals surface area contributed by atoms with Crippen molar-refractivity contribution in [1.82, 2.24) is 0 Å². The van der Waals surface area contributed by atoms with E-state index in [1.54, 1.807) is 19.2 Å². The van der Waals surface area contributed by atoms with Crippen LogP contribution in [0, 0.1) is 0 Å². The molecule has 0 unspecified atom stereocenters. The Hall–Kier alpha value is -0.970. The quantitative estimate of drug-likeness (QED) is 0.819. The monoisotopic (exact) mass is 230 g/mol. The molecule has 15 heavy (non-hydrogen) atoms. The van der Waals surface area contributed by atoms with Gasteiger partial charge in [0.25, 0.3) is 0 Å². The lowest BCUT2D eigenvalue weighted by Gasteiger charge is -2.16. The molecule has 0 aliphatic rings. The van der Waals surface area contributed by atoms with Gasteiger partial charge in [0.05, 0.1) is 19.2 Å². The van der Waals surface area contributed by atoms with Gasteiger partial charge in [-0.1, -0.05) is 17.7 Å². The number of halogens is 1. The predicted octanol–water partition coefficient (Wildman–Crippen LogP) is 1.32. The third-order valence-electron chi connectivity index (χ3n) is 2.17. The highest BCUT2D eigenvalue weighted by Gasteiger charge is 2.16. The summed E-state index contributed by atoms with van der Waals surface area (Å²) in [6.07, 6.45) is 0. The minimum Gasteiger partial charge on any atom is -0.493 e. The number of rotatable bonds is 4. The van der Waals surface area contributed by atoms with Crippen LogP contribution in [0.25, 0.3) is 0 Å². The fourth-order valence-electron chi connectivity index (χ4n) is 1.32. The second kappa shape index (κ2) is 5.21. The molecule has 0 bridgehead atoms. The number of nitrogens with two attached hydrogens (primary N) is 2. The number of hydrogen-bond donors (Lipinski definition) is 2. The zero-order valence-corrected chi connectivity index (χ0v) is 9.54. The first-order valence-corrected chi connectivity index (χ1v) is 4.89. The van der Waals surface area contributed by atoms with Crippen LogP contribution in [0.2, 0.25) is 5.02 Å². The molecule has 0 heterocycles. The second-order valence-electron chi connectivity index (χ2n) is 3.05. The summed E-state index contributed by atoms with van der Waals surface area (Å²) in [5.74, 6) is 1.07. The maximum absolute atomic E-state index is 6.13. The average Bonchev–Trinajstić information content (AvgIpc) is 2.27. The van der Waals surface area contributed by atoms with Gasteiger partial charge in [-0.2, -0.15) is 0 Å². The Kier molecular flexibility index (Phi) is 4.20. The van der Waals surface area contributed by atoms with Crippen molar-refractivity contribution >= 4 is 11.6 Å². The Morgan fingerprint density at radius 1 is 1.33 bits per heavy atom. The van der Waals surface area contributed by atoms with Gasteiger partial charge in [-0.15, -0.1) is 0 Å². The molecule has 4 N–H and O–H groups in total. The summed E-state index contributed by atoms with van der Waals surface area (Å²) in [6.45, 7) is 0.329. The summed E-state index contributed by atoms with van der Waals surface area (Å²) < 4.78 is 10.3. The molecule has 1 aromatic carbocycles. The van der Waals surface area contributed by atoms with Crippen LogP contribution in [-0.2, 0) is 0 Å². The van der Waals surface area contributed by atoms with Gasteiger partial charge in [0.1, 0.15) is 0 Å². The van der Waals surface area contributed by atoms with E-state index in [2.05, 4.69) is 0 Å². The second-order valence-corrected chi connectivity index (χ2v) is 3.42. The van der Waals surface area contributed by atoms with Gasteiger partial charge in [-0.3, -0.25) is 0 Å². The average molecular weight is 231 g/mol. The summed E-state index contributed by atoms with van der Waals surface area (Å²) in [7, 11) is 3.08. The van der Waals surface area contributed by atoms with E-state index >= 15 is 0 Å². The molecule has 0 saturated carbocycles. The SMILES string of the molecule is COc1ccc([C@H](N)CN)c(Cl)c1OC. The predicted molar refractivity (Wildman–Crippen MR) is 60.5 cm³/mol. The van der Waals surface area contributed by atoms with E-state index in [0.29, 0.717) is 23.1 Å². The van der Waals surface area contributed by atoms with E-state index in [1.165, 1.54) is 7.11 Å². The van der Waals surface area contributed by atoms with Gasteiger partial charge < -0.3 is 20.9 Å². The molecule has 5 heteroatoms. The molecule has 1 rings (SSSR count). The van der Waals surface area contributed by atoms with Crippen LogP contribution in [0.5, 0.6) is 11.5 Å². The summed E-state index contributed by atoms with van der Waals surface area (Å²) in [5.41, 5.74) is 12.0. The highest BCUT2D eigenvalue weighted by molar-refractivity contribution is 6.33. The summed E-state index contributed by atoms with van der Waals surface area (Å²) >= 11 is 6.13. The van der Waals surface area contributed by atoms with E-state index in [9.17, 15) is 0 Å². The van der Waals surface area contributed by atoms with Crippen molar-refractivity contribution in [2.45, 2.75) is 6.04 Å². The Balaban J connectivity index is 3.22. The van der Waals surface area contributed by atoms with Crippen molar-refractivity contribution < 1.29 is 9.47 Å². The lowest BCUT2D eigenvalue weighted by Crippen LogP contribution is -2.21. The molecule has 0 amide bonds. The Bertz CT molecular complexity index is 344. The van der Waals surface area contributed by atoms with Crippen molar-refractivity contribution in [2.24, 2.45) is 11.5 Å². The van der Waals surface area contributed by atoms with E-state index in [-0.39, 0.29) is 6.04 Å². The maximum atomic E-state index is 6.13. The third-order valence-corrected chi connectivity index (χ3v) is 2.56. The zero-order chi connectivity index (χ0) is 11.4. The molecular weight excluding hydrogens is 216 g/mol. The van der Waals surface area contributed by atoms with Crippen LogP contribution in [0.15, 0.2) is 12.1 Å². The van der Waals surface area contributed by atoms with Crippen LogP contribution < -0.4 is 20.9 Å². The fourth-order valence-corrected chi connectivity index (χ4v) is 1.69. The molecule has 0 fully saturated rings. The van der Waals surface area contributed by atoms with Crippen molar-refractivity contribution in [2.75, 3.05) is 20.8 Å². The molecule has 0 aliphatic heterocycles.